The minimum absolute atomic E-state index is 0.0310. The number of fused-ring (bicyclic) bond motifs is 1. The molecule has 0 radical (unpaired) electrons. The smallest absolute Gasteiger partial charge is 0.282 e. The van der Waals surface area contributed by atoms with E-state index in [1.807, 2.05) is 11.6 Å². The Kier molecular flexibility index (Phi) is 4.46. The van der Waals surface area contributed by atoms with Gasteiger partial charge in [-0.2, -0.15) is 0 Å². The fourth-order valence-corrected chi connectivity index (χ4v) is 4.77. The predicted octanol–water partition coefficient (Wildman–Crippen LogP) is 3.85. The number of amides is 1. The van der Waals surface area contributed by atoms with E-state index in [2.05, 4.69) is 21.4 Å². The van der Waals surface area contributed by atoms with Gasteiger partial charge in [0.2, 0.25) is 0 Å². The quantitative estimate of drug-likeness (QED) is 0.908. The number of hydrogen-bond donors (Lipinski definition) is 1. The monoisotopic (exact) mass is 356 g/mol. The van der Waals surface area contributed by atoms with Crippen molar-refractivity contribution in [3.63, 3.8) is 0 Å². The summed E-state index contributed by atoms with van der Waals surface area (Å²) in [6.45, 7) is 0.801. The summed E-state index contributed by atoms with van der Waals surface area (Å²) in [4.78, 5) is 23.0. The lowest BCUT2D eigenvalue weighted by atomic mass is 9.84. The van der Waals surface area contributed by atoms with Gasteiger partial charge in [0.05, 0.1) is 5.69 Å². The van der Waals surface area contributed by atoms with E-state index in [0.717, 1.165) is 18.1 Å². The van der Waals surface area contributed by atoms with Crippen LogP contribution in [0.15, 0.2) is 17.6 Å². The van der Waals surface area contributed by atoms with Crippen molar-refractivity contribution < 1.29 is 4.79 Å². The van der Waals surface area contributed by atoms with E-state index in [9.17, 15) is 4.79 Å². The summed E-state index contributed by atoms with van der Waals surface area (Å²) < 4.78 is 0. The molecule has 2 aliphatic rings. The van der Waals surface area contributed by atoms with Crippen LogP contribution in [0.1, 0.15) is 70.6 Å². The molecule has 0 aromatic carbocycles. The molecule has 5 nitrogen and oxygen atoms in total. The second-order valence-electron chi connectivity index (χ2n) is 7.25. The fourth-order valence-electron chi connectivity index (χ4n) is 3.88. The molecule has 25 heavy (non-hydrogen) atoms. The zero-order chi connectivity index (χ0) is 17.4. The van der Waals surface area contributed by atoms with Crippen LogP contribution in [0.25, 0.3) is 0 Å². The molecular weight excluding hydrogens is 332 g/mol. The summed E-state index contributed by atoms with van der Waals surface area (Å²) in [5, 5.41) is 5.98. The maximum atomic E-state index is 12.1. The second-order valence-corrected chi connectivity index (χ2v) is 8.11. The van der Waals surface area contributed by atoms with Crippen molar-refractivity contribution in [3.05, 3.63) is 39.5 Å². The van der Waals surface area contributed by atoms with E-state index in [0.29, 0.717) is 10.9 Å². The Morgan fingerprint density at radius 2 is 2.08 bits per heavy atom. The first-order valence-electron chi connectivity index (χ1n) is 9.04. The third-order valence-electron chi connectivity index (χ3n) is 5.33. The lowest BCUT2D eigenvalue weighted by Gasteiger charge is -2.22. The Bertz CT molecular complexity index is 779. The number of rotatable bonds is 3. The Morgan fingerprint density at radius 1 is 1.28 bits per heavy atom. The van der Waals surface area contributed by atoms with Gasteiger partial charge in [-0.05, 0) is 30.4 Å². The molecule has 1 saturated carbocycles. The summed E-state index contributed by atoms with van der Waals surface area (Å²) in [5.74, 6) is 1.77. The number of thiazole rings is 1. The van der Waals surface area contributed by atoms with E-state index in [1.165, 1.54) is 54.6 Å². The van der Waals surface area contributed by atoms with E-state index in [1.54, 1.807) is 19.0 Å². The molecule has 1 N–H and O–H groups in total. The van der Waals surface area contributed by atoms with Gasteiger partial charge in [0.1, 0.15) is 5.82 Å². The third-order valence-corrected chi connectivity index (χ3v) is 6.18. The minimum Gasteiger partial charge on any atom is -0.369 e. The summed E-state index contributed by atoms with van der Waals surface area (Å²) in [7, 11) is 3.52. The highest BCUT2D eigenvalue weighted by atomic mass is 32.1. The topological polar surface area (TPSA) is 58.1 Å². The van der Waals surface area contributed by atoms with Gasteiger partial charge in [-0.15, -0.1) is 11.3 Å². The van der Waals surface area contributed by atoms with E-state index >= 15 is 0 Å². The number of carbonyl (C=O) groups is 1. The van der Waals surface area contributed by atoms with Crippen LogP contribution >= 0.6 is 11.3 Å². The lowest BCUT2D eigenvalue weighted by molar-refractivity contribution is 0.0827. The van der Waals surface area contributed by atoms with Gasteiger partial charge in [-0.25, -0.2) is 9.97 Å². The molecule has 0 saturated heterocycles. The van der Waals surface area contributed by atoms with Crippen LogP contribution in [0.4, 0.5) is 5.82 Å². The molecule has 2 aromatic rings. The number of hydrogen-bond acceptors (Lipinski definition) is 5. The van der Waals surface area contributed by atoms with Crippen LogP contribution in [-0.2, 0) is 0 Å². The van der Waals surface area contributed by atoms with Gasteiger partial charge < -0.3 is 10.2 Å². The van der Waals surface area contributed by atoms with Crippen LogP contribution in [-0.4, -0.2) is 41.4 Å². The largest absolute Gasteiger partial charge is 0.369 e. The van der Waals surface area contributed by atoms with Crippen LogP contribution < -0.4 is 5.32 Å². The standard InChI is InChI=1S/C19H24N4OS/c1-23(2)19(24)18-22-16(11-25-18)15-10-21-17-14(15)8-13(9-20-17)12-6-4-3-5-7-12/h8-9,11-12,15H,3-7,10H2,1-2H3,(H,20,21). The van der Waals surface area contributed by atoms with E-state index in [4.69, 9.17) is 0 Å². The predicted molar refractivity (Wildman–Crippen MR) is 101 cm³/mol. The SMILES string of the molecule is CN(C)C(=O)c1nc(C2CNc3ncc(C4CCCCC4)cc32)cs1. The highest BCUT2D eigenvalue weighted by Gasteiger charge is 2.29. The molecule has 1 unspecified atom stereocenters. The highest BCUT2D eigenvalue weighted by molar-refractivity contribution is 7.11. The normalized spacial score (nSPS) is 20.2. The molecule has 1 atom stereocenters. The third kappa shape index (κ3) is 3.15. The van der Waals surface area contributed by atoms with Crippen molar-refractivity contribution in [3.8, 4) is 0 Å². The first kappa shape index (κ1) is 16.5. The van der Waals surface area contributed by atoms with Crippen LogP contribution in [0.5, 0.6) is 0 Å². The summed E-state index contributed by atoms with van der Waals surface area (Å²) in [6.07, 6.45) is 8.61. The van der Waals surface area contributed by atoms with E-state index in [-0.39, 0.29) is 11.8 Å². The first-order chi connectivity index (χ1) is 12.1. The molecule has 132 valence electrons. The average molecular weight is 356 g/mol. The minimum atomic E-state index is -0.0310. The van der Waals surface area contributed by atoms with Crippen molar-refractivity contribution >= 4 is 23.1 Å². The number of pyridine rings is 1. The zero-order valence-corrected chi connectivity index (χ0v) is 15.6. The first-order valence-corrected chi connectivity index (χ1v) is 9.92. The lowest BCUT2D eigenvalue weighted by Crippen LogP contribution is -2.21. The number of nitrogens with zero attached hydrogens (tertiary/aromatic N) is 3. The number of carbonyl (C=O) groups excluding carboxylic acids is 1. The van der Waals surface area contributed by atoms with E-state index < -0.39 is 0 Å². The Morgan fingerprint density at radius 3 is 2.84 bits per heavy atom. The Hall–Kier alpha value is -1.95. The van der Waals surface area contributed by atoms with Gasteiger partial charge in [-0.1, -0.05) is 19.3 Å². The molecule has 1 aliphatic carbocycles. The summed E-state index contributed by atoms with van der Waals surface area (Å²) in [5.41, 5.74) is 3.58. The molecule has 6 heteroatoms. The fraction of sp³-hybridized carbons (Fsp3) is 0.526. The van der Waals surface area contributed by atoms with Gasteiger partial charge >= 0.3 is 0 Å². The molecular formula is C19H24N4OS. The summed E-state index contributed by atoms with van der Waals surface area (Å²) in [6, 6.07) is 2.33. The molecule has 0 spiro atoms. The molecule has 1 amide bonds. The number of aromatic nitrogens is 2. The maximum absolute atomic E-state index is 12.1. The number of anilines is 1. The maximum Gasteiger partial charge on any atom is 0.282 e. The zero-order valence-electron chi connectivity index (χ0n) is 14.8. The summed E-state index contributed by atoms with van der Waals surface area (Å²) >= 11 is 1.43. The molecule has 2 aromatic heterocycles. The Balaban J connectivity index is 1.61. The molecule has 4 rings (SSSR count). The van der Waals surface area contributed by atoms with Crippen molar-refractivity contribution in [1.29, 1.82) is 0 Å². The van der Waals surface area contributed by atoms with Crippen LogP contribution in [0.2, 0.25) is 0 Å². The van der Waals surface area contributed by atoms with Crippen LogP contribution in [0.3, 0.4) is 0 Å². The van der Waals surface area contributed by atoms with Crippen molar-refractivity contribution in [1.82, 2.24) is 14.9 Å². The number of nitrogens with one attached hydrogen (secondary N) is 1. The van der Waals surface area contributed by atoms with Gasteiger partial charge in [-0.3, -0.25) is 4.79 Å². The van der Waals surface area contributed by atoms with Crippen LogP contribution in [0, 0.1) is 0 Å². The van der Waals surface area contributed by atoms with Gasteiger partial charge in [0, 0.05) is 43.7 Å². The average Bonchev–Trinajstić information content (AvgIpc) is 3.27. The molecule has 3 heterocycles. The van der Waals surface area contributed by atoms with Gasteiger partial charge in [0.15, 0.2) is 5.01 Å². The Labute approximate surface area is 152 Å². The molecule has 0 bridgehead atoms. The van der Waals surface area contributed by atoms with Crippen molar-refractivity contribution in [2.45, 2.75) is 43.9 Å². The highest BCUT2D eigenvalue weighted by Crippen LogP contribution is 2.39. The molecule has 1 fully saturated rings. The molecule has 1 aliphatic heterocycles. The van der Waals surface area contributed by atoms with Gasteiger partial charge in [0.25, 0.3) is 5.91 Å². The second kappa shape index (κ2) is 6.75. The van der Waals surface area contributed by atoms with Crippen molar-refractivity contribution in [2.24, 2.45) is 0 Å². The van der Waals surface area contributed by atoms with Crippen molar-refractivity contribution in [2.75, 3.05) is 26.0 Å².